The van der Waals surface area contributed by atoms with Crippen LogP contribution in [0.2, 0.25) is 0 Å². The fourth-order valence-electron chi connectivity index (χ4n) is 3.94. The molecule has 1 atom stereocenters. The third-order valence-corrected chi connectivity index (χ3v) is 6.76. The van der Waals surface area contributed by atoms with E-state index < -0.39 is 0 Å². The van der Waals surface area contributed by atoms with Gasteiger partial charge in [-0.25, -0.2) is 4.99 Å². The van der Waals surface area contributed by atoms with Crippen LogP contribution in [0.15, 0.2) is 4.99 Å². The van der Waals surface area contributed by atoms with Crippen LogP contribution in [-0.4, -0.2) is 97.7 Å². The van der Waals surface area contributed by atoms with E-state index in [2.05, 4.69) is 27.4 Å². The molecular weight excluding hydrogens is 477 g/mol. The van der Waals surface area contributed by atoms with Crippen molar-refractivity contribution in [1.29, 1.82) is 0 Å². The summed E-state index contributed by atoms with van der Waals surface area (Å²) >= 11 is 2.03. The van der Waals surface area contributed by atoms with Crippen LogP contribution in [0.1, 0.15) is 26.2 Å². The highest BCUT2D eigenvalue weighted by Crippen LogP contribution is 2.33. The van der Waals surface area contributed by atoms with E-state index in [0.717, 1.165) is 77.0 Å². The van der Waals surface area contributed by atoms with E-state index in [1.54, 1.807) is 0 Å². The van der Waals surface area contributed by atoms with Gasteiger partial charge in [-0.05, 0) is 31.9 Å². The summed E-state index contributed by atoms with van der Waals surface area (Å²) in [5.41, 5.74) is 0.170. The van der Waals surface area contributed by atoms with Crippen LogP contribution < -0.4 is 10.6 Å². The highest BCUT2D eigenvalue weighted by molar-refractivity contribution is 14.0. The maximum absolute atomic E-state index is 12.3. The number of aliphatic imine (C=N–C) groups is 1. The van der Waals surface area contributed by atoms with Crippen LogP contribution >= 0.6 is 35.7 Å². The number of nitrogens with one attached hydrogen (secondary N) is 2. The number of likely N-dealkylation sites (tertiary alicyclic amines) is 1. The zero-order valence-corrected chi connectivity index (χ0v) is 19.5. The van der Waals surface area contributed by atoms with E-state index >= 15 is 0 Å². The summed E-state index contributed by atoms with van der Waals surface area (Å²) in [6, 6.07) is 0. The summed E-state index contributed by atoms with van der Waals surface area (Å²) in [6.45, 7) is 9.37. The van der Waals surface area contributed by atoms with Gasteiger partial charge in [0.25, 0.3) is 0 Å². The number of hydrogen-bond acceptors (Lipinski definition) is 5. The Kier molecular flexibility index (Phi) is 9.95. The summed E-state index contributed by atoms with van der Waals surface area (Å²) in [6.07, 6.45) is 3.43. The Hall–Kier alpha value is -0.260. The van der Waals surface area contributed by atoms with Gasteiger partial charge >= 0.3 is 0 Å². The van der Waals surface area contributed by atoms with E-state index in [4.69, 9.17) is 4.74 Å². The van der Waals surface area contributed by atoms with Crippen molar-refractivity contribution in [2.45, 2.75) is 31.7 Å². The number of hydrogen-bond donors (Lipinski definition) is 2. The topological polar surface area (TPSA) is 69.2 Å². The van der Waals surface area contributed by atoms with Crippen LogP contribution in [0, 0.1) is 0 Å². The van der Waals surface area contributed by atoms with Gasteiger partial charge in [-0.1, -0.05) is 0 Å². The van der Waals surface area contributed by atoms with Crippen LogP contribution in [0.25, 0.3) is 0 Å². The molecule has 0 aliphatic carbocycles. The largest absolute Gasteiger partial charge is 0.379 e. The summed E-state index contributed by atoms with van der Waals surface area (Å²) in [7, 11) is 0. The SMILES string of the molecule is CCNC(=NCC(=O)N1CCCC1)NCC1(N2CCOCC2)CCSC1.I. The second-order valence-corrected chi connectivity index (χ2v) is 8.37. The molecule has 3 heterocycles. The molecule has 3 aliphatic rings. The van der Waals surface area contributed by atoms with Gasteiger partial charge in [0.1, 0.15) is 6.54 Å². The predicted octanol–water partition coefficient (Wildman–Crippen LogP) is 0.990. The van der Waals surface area contributed by atoms with Crippen LogP contribution in [0.4, 0.5) is 0 Å². The number of thioether (sulfide) groups is 1. The molecule has 0 bridgehead atoms. The normalized spacial score (nSPS) is 26.7. The molecule has 0 aromatic rings. The van der Waals surface area contributed by atoms with Crippen molar-refractivity contribution in [3.63, 3.8) is 0 Å². The van der Waals surface area contributed by atoms with Gasteiger partial charge in [-0.3, -0.25) is 9.69 Å². The van der Waals surface area contributed by atoms with Gasteiger partial charge in [0.15, 0.2) is 5.96 Å². The molecule has 2 N–H and O–H groups in total. The molecule has 0 saturated carbocycles. The van der Waals surface area contributed by atoms with Gasteiger partial charge in [-0.2, -0.15) is 11.8 Å². The first-order valence-electron chi connectivity index (χ1n) is 9.94. The lowest BCUT2D eigenvalue weighted by Gasteiger charge is -2.43. The Balaban J connectivity index is 0.00000261. The molecule has 3 fully saturated rings. The smallest absolute Gasteiger partial charge is 0.244 e. The lowest BCUT2D eigenvalue weighted by molar-refractivity contribution is -0.128. The molecule has 7 nitrogen and oxygen atoms in total. The van der Waals surface area contributed by atoms with Crippen molar-refractivity contribution in [2.24, 2.45) is 4.99 Å². The summed E-state index contributed by atoms with van der Waals surface area (Å²) in [5, 5.41) is 6.81. The Morgan fingerprint density at radius 3 is 2.56 bits per heavy atom. The Morgan fingerprint density at radius 1 is 1.19 bits per heavy atom. The van der Waals surface area contributed by atoms with Gasteiger partial charge in [0.2, 0.25) is 5.91 Å². The first-order chi connectivity index (χ1) is 12.7. The average Bonchev–Trinajstić information content (AvgIpc) is 3.37. The summed E-state index contributed by atoms with van der Waals surface area (Å²) in [4.78, 5) is 21.3. The number of ether oxygens (including phenoxy) is 1. The fourth-order valence-corrected chi connectivity index (χ4v) is 5.42. The molecule has 27 heavy (non-hydrogen) atoms. The Bertz CT molecular complexity index is 490. The van der Waals surface area contributed by atoms with Crippen molar-refractivity contribution < 1.29 is 9.53 Å². The molecule has 0 spiro atoms. The number of carbonyl (C=O) groups excluding carboxylic acids is 1. The van der Waals surface area contributed by atoms with Gasteiger partial charge < -0.3 is 20.3 Å². The van der Waals surface area contributed by atoms with E-state index in [1.165, 1.54) is 12.2 Å². The number of rotatable bonds is 6. The monoisotopic (exact) mass is 511 g/mol. The van der Waals surface area contributed by atoms with Gasteiger partial charge in [0, 0.05) is 50.6 Å². The Morgan fingerprint density at radius 2 is 1.93 bits per heavy atom. The molecule has 9 heteroatoms. The molecule has 0 radical (unpaired) electrons. The van der Waals surface area contributed by atoms with Crippen LogP contribution in [0.5, 0.6) is 0 Å². The Labute approximate surface area is 184 Å². The van der Waals surface area contributed by atoms with Crippen molar-refractivity contribution in [3.8, 4) is 0 Å². The molecule has 3 saturated heterocycles. The quantitative estimate of drug-likeness (QED) is 0.315. The number of nitrogens with zero attached hydrogens (tertiary/aromatic N) is 3. The first-order valence-corrected chi connectivity index (χ1v) is 11.1. The van der Waals surface area contributed by atoms with E-state index in [-0.39, 0.29) is 42.0 Å². The van der Waals surface area contributed by atoms with E-state index in [1.807, 2.05) is 16.7 Å². The molecule has 1 amide bonds. The van der Waals surface area contributed by atoms with Crippen molar-refractivity contribution >= 4 is 47.6 Å². The molecule has 156 valence electrons. The highest BCUT2D eigenvalue weighted by Gasteiger charge is 2.40. The zero-order valence-electron chi connectivity index (χ0n) is 16.4. The number of halogens is 1. The maximum atomic E-state index is 12.3. The lowest BCUT2D eigenvalue weighted by atomic mass is 9.95. The van der Waals surface area contributed by atoms with E-state index in [0.29, 0.717) is 0 Å². The van der Waals surface area contributed by atoms with E-state index in [9.17, 15) is 4.79 Å². The summed E-state index contributed by atoms with van der Waals surface area (Å²) < 4.78 is 5.53. The minimum absolute atomic E-state index is 0. The fraction of sp³-hybridized carbons (Fsp3) is 0.889. The van der Waals surface area contributed by atoms with Crippen LogP contribution in [-0.2, 0) is 9.53 Å². The lowest BCUT2D eigenvalue weighted by Crippen LogP contribution is -2.60. The first kappa shape index (κ1) is 23.0. The molecule has 1 unspecified atom stereocenters. The molecular formula is C18H34IN5O2S. The minimum atomic E-state index is 0. The number of amides is 1. The zero-order chi connectivity index (χ0) is 18.2. The van der Waals surface area contributed by atoms with Crippen molar-refractivity contribution in [2.75, 3.05) is 70.5 Å². The number of carbonyl (C=O) groups is 1. The van der Waals surface area contributed by atoms with Crippen molar-refractivity contribution in [3.05, 3.63) is 0 Å². The minimum Gasteiger partial charge on any atom is -0.379 e. The van der Waals surface area contributed by atoms with Crippen molar-refractivity contribution in [1.82, 2.24) is 20.4 Å². The number of guanidine groups is 1. The second kappa shape index (κ2) is 11.7. The third kappa shape index (κ3) is 6.37. The summed E-state index contributed by atoms with van der Waals surface area (Å²) in [5.74, 6) is 3.25. The molecule has 3 aliphatic heterocycles. The second-order valence-electron chi connectivity index (χ2n) is 7.26. The van der Waals surface area contributed by atoms with Gasteiger partial charge in [0.05, 0.1) is 13.2 Å². The maximum Gasteiger partial charge on any atom is 0.244 e. The average molecular weight is 511 g/mol. The standard InChI is InChI=1S/C18H33N5O2S.HI/c1-2-19-17(20-13-16(24)22-6-3-4-7-22)21-14-18(5-12-26-15-18)23-8-10-25-11-9-23;/h2-15H2,1H3,(H2,19,20,21);1H. The highest BCUT2D eigenvalue weighted by atomic mass is 127. The predicted molar refractivity (Wildman–Crippen MR) is 122 cm³/mol. The third-order valence-electron chi connectivity index (χ3n) is 5.52. The number of morpholine rings is 1. The molecule has 0 aromatic carbocycles. The van der Waals surface area contributed by atoms with Crippen LogP contribution in [0.3, 0.4) is 0 Å². The molecule has 3 rings (SSSR count). The van der Waals surface area contributed by atoms with Gasteiger partial charge in [-0.15, -0.1) is 24.0 Å². The molecule has 0 aromatic heterocycles.